The molecule has 3 rings (SSSR count). The van der Waals surface area contributed by atoms with Gasteiger partial charge in [0.25, 0.3) is 0 Å². The van der Waals surface area contributed by atoms with Gasteiger partial charge in [0.1, 0.15) is 0 Å². The summed E-state index contributed by atoms with van der Waals surface area (Å²) in [5, 5.41) is 0. The predicted octanol–water partition coefficient (Wildman–Crippen LogP) is 3.02. The van der Waals surface area contributed by atoms with Crippen molar-refractivity contribution in [2.45, 2.75) is 57.0 Å². The van der Waals surface area contributed by atoms with E-state index in [0.717, 1.165) is 19.6 Å². The van der Waals surface area contributed by atoms with Gasteiger partial charge in [-0.25, -0.2) is 0 Å². The third kappa shape index (κ3) is 4.96. The molecule has 2 fully saturated rings. The quantitative estimate of drug-likeness (QED) is 0.872. The van der Waals surface area contributed by atoms with E-state index in [1.54, 1.807) is 0 Å². The van der Waals surface area contributed by atoms with Crippen LogP contribution in [0.4, 0.5) is 0 Å². The van der Waals surface area contributed by atoms with Gasteiger partial charge in [-0.2, -0.15) is 0 Å². The van der Waals surface area contributed by atoms with Crippen molar-refractivity contribution >= 4 is 18.3 Å². The number of likely N-dealkylation sites (N-methyl/N-ethyl adjacent to an activating group) is 1. The second-order valence-electron chi connectivity index (χ2n) is 7.35. The molecule has 1 heterocycles. The van der Waals surface area contributed by atoms with Crippen molar-refractivity contribution in [3.63, 3.8) is 0 Å². The van der Waals surface area contributed by atoms with E-state index in [-0.39, 0.29) is 24.4 Å². The lowest BCUT2D eigenvalue weighted by Crippen LogP contribution is -2.46. The highest BCUT2D eigenvalue weighted by atomic mass is 35.5. The number of carbonyl (C=O) groups excluding carboxylic acids is 1. The Morgan fingerprint density at radius 1 is 1.16 bits per heavy atom. The summed E-state index contributed by atoms with van der Waals surface area (Å²) < 4.78 is 0. The Hall–Kier alpha value is -1.10. The van der Waals surface area contributed by atoms with Crippen LogP contribution in [0, 0.1) is 0 Å². The molecule has 1 saturated heterocycles. The highest BCUT2D eigenvalue weighted by Crippen LogP contribution is 2.27. The zero-order valence-corrected chi connectivity index (χ0v) is 16.1. The van der Waals surface area contributed by atoms with Gasteiger partial charge in [0.2, 0.25) is 5.91 Å². The molecule has 0 aromatic heterocycles. The molecule has 1 aliphatic carbocycles. The third-order valence-electron chi connectivity index (χ3n) is 5.70. The molecule has 0 bridgehead atoms. The van der Waals surface area contributed by atoms with Gasteiger partial charge in [-0.3, -0.25) is 9.69 Å². The van der Waals surface area contributed by atoms with E-state index in [1.165, 1.54) is 37.7 Å². The van der Waals surface area contributed by atoms with Crippen LogP contribution in [0.1, 0.15) is 50.5 Å². The molecule has 140 valence electrons. The lowest BCUT2D eigenvalue weighted by Gasteiger charge is -2.34. The summed E-state index contributed by atoms with van der Waals surface area (Å²) in [6, 6.07) is 11.0. The maximum Gasteiger partial charge on any atom is 0.236 e. The maximum atomic E-state index is 12.8. The molecule has 1 aromatic rings. The molecule has 1 aliphatic heterocycles. The van der Waals surface area contributed by atoms with Crippen molar-refractivity contribution in [3.05, 3.63) is 35.9 Å². The van der Waals surface area contributed by atoms with Crippen molar-refractivity contribution in [2.75, 3.05) is 26.2 Å². The molecule has 5 heteroatoms. The van der Waals surface area contributed by atoms with Crippen LogP contribution in [0.5, 0.6) is 0 Å². The van der Waals surface area contributed by atoms with Gasteiger partial charge in [0.15, 0.2) is 0 Å². The Bertz CT molecular complexity index is 533. The van der Waals surface area contributed by atoms with Gasteiger partial charge in [-0.15, -0.1) is 12.4 Å². The van der Waals surface area contributed by atoms with Crippen molar-refractivity contribution in [1.29, 1.82) is 0 Å². The van der Waals surface area contributed by atoms with Crippen LogP contribution in [-0.4, -0.2) is 54.0 Å². The number of nitrogens with zero attached hydrogens (tertiary/aromatic N) is 2. The second-order valence-corrected chi connectivity index (χ2v) is 7.35. The van der Waals surface area contributed by atoms with Crippen LogP contribution < -0.4 is 5.73 Å². The number of halogens is 1. The van der Waals surface area contributed by atoms with Crippen LogP contribution in [-0.2, 0) is 4.79 Å². The van der Waals surface area contributed by atoms with Crippen molar-refractivity contribution < 1.29 is 4.79 Å². The minimum Gasteiger partial charge on any atom is -0.339 e. The summed E-state index contributed by atoms with van der Waals surface area (Å²) in [4.78, 5) is 17.2. The van der Waals surface area contributed by atoms with Gasteiger partial charge in [0, 0.05) is 37.6 Å². The summed E-state index contributed by atoms with van der Waals surface area (Å²) in [6.07, 6.45) is 6.19. The standard InChI is InChI=1S/C20H31N3O.ClH/c1-2-23(17-11-7-4-8-12-17)20(24)15-22-13-18(19(21)14-22)16-9-5-3-6-10-16;/h3,5-6,9-10,17-19H,2,4,7-8,11-15,21H2,1H3;1H/t18-,19+;/m0./s1. The lowest BCUT2D eigenvalue weighted by atomic mass is 9.94. The van der Waals surface area contributed by atoms with E-state index in [4.69, 9.17) is 5.73 Å². The van der Waals surface area contributed by atoms with Gasteiger partial charge >= 0.3 is 0 Å². The highest BCUT2D eigenvalue weighted by Gasteiger charge is 2.33. The van der Waals surface area contributed by atoms with Crippen LogP contribution in [0.2, 0.25) is 0 Å². The van der Waals surface area contributed by atoms with E-state index < -0.39 is 0 Å². The first-order chi connectivity index (χ1) is 11.7. The van der Waals surface area contributed by atoms with E-state index in [2.05, 4.69) is 41.0 Å². The van der Waals surface area contributed by atoms with E-state index >= 15 is 0 Å². The van der Waals surface area contributed by atoms with Gasteiger partial charge in [-0.1, -0.05) is 49.6 Å². The number of benzene rings is 1. The maximum absolute atomic E-state index is 12.8. The molecule has 1 aromatic carbocycles. The van der Waals surface area contributed by atoms with Gasteiger partial charge < -0.3 is 10.6 Å². The Kier molecular flexibility index (Phi) is 7.73. The molecule has 2 N–H and O–H groups in total. The molecule has 0 unspecified atom stereocenters. The number of hydrogen-bond donors (Lipinski definition) is 1. The fourth-order valence-corrected chi connectivity index (χ4v) is 4.41. The number of nitrogens with two attached hydrogens (primary N) is 1. The molecule has 2 atom stereocenters. The van der Waals surface area contributed by atoms with E-state index in [0.29, 0.717) is 18.5 Å². The van der Waals surface area contributed by atoms with Crippen molar-refractivity contribution in [1.82, 2.24) is 9.80 Å². The zero-order chi connectivity index (χ0) is 16.9. The molecule has 1 saturated carbocycles. The number of rotatable bonds is 5. The smallest absolute Gasteiger partial charge is 0.236 e. The number of likely N-dealkylation sites (tertiary alicyclic amines) is 1. The molecule has 0 spiro atoms. The fourth-order valence-electron chi connectivity index (χ4n) is 4.41. The largest absolute Gasteiger partial charge is 0.339 e. The van der Waals surface area contributed by atoms with Crippen LogP contribution in [0.3, 0.4) is 0 Å². The first-order valence-electron chi connectivity index (χ1n) is 9.51. The SMILES string of the molecule is CCN(C(=O)CN1C[C@@H](N)[C@H](c2ccccc2)C1)C1CCCCC1.Cl. The highest BCUT2D eigenvalue weighted by molar-refractivity contribution is 5.85. The minimum atomic E-state index is 0. The average Bonchev–Trinajstić information content (AvgIpc) is 2.97. The van der Waals surface area contributed by atoms with E-state index in [1.807, 2.05) is 6.07 Å². The summed E-state index contributed by atoms with van der Waals surface area (Å²) in [7, 11) is 0. The normalized spacial score (nSPS) is 24.7. The van der Waals surface area contributed by atoms with Gasteiger partial charge in [0.05, 0.1) is 6.54 Å². The Morgan fingerprint density at radius 2 is 1.84 bits per heavy atom. The lowest BCUT2D eigenvalue weighted by molar-refractivity contribution is -0.135. The summed E-state index contributed by atoms with van der Waals surface area (Å²) >= 11 is 0. The van der Waals surface area contributed by atoms with Gasteiger partial charge in [-0.05, 0) is 25.3 Å². The predicted molar refractivity (Wildman–Crippen MR) is 105 cm³/mol. The fraction of sp³-hybridized carbons (Fsp3) is 0.650. The summed E-state index contributed by atoms with van der Waals surface area (Å²) in [5.74, 6) is 0.620. The molecule has 25 heavy (non-hydrogen) atoms. The van der Waals surface area contributed by atoms with Crippen LogP contribution in [0.15, 0.2) is 30.3 Å². The molecule has 0 radical (unpaired) electrons. The van der Waals surface area contributed by atoms with Crippen LogP contribution >= 0.6 is 12.4 Å². The van der Waals surface area contributed by atoms with Crippen molar-refractivity contribution in [3.8, 4) is 0 Å². The topological polar surface area (TPSA) is 49.6 Å². The third-order valence-corrected chi connectivity index (χ3v) is 5.70. The molecule has 2 aliphatic rings. The zero-order valence-electron chi connectivity index (χ0n) is 15.3. The minimum absolute atomic E-state index is 0. The Labute approximate surface area is 158 Å². The average molecular weight is 366 g/mol. The molecular weight excluding hydrogens is 334 g/mol. The number of hydrogen-bond acceptors (Lipinski definition) is 3. The van der Waals surface area contributed by atoms with E-state index in [9.17, 15) is 4.79 Å². The molecule has 1 amide bonds. The molecule has 4 nitrogen and oxygen atoms in total. The monoisotopic (exact) mass is 365 g/mol. The summed E-state index contributed by atoms with van der Waals surface area (Å²) in [5.41, 5.74) is 7.65. The number of carbonyl (C=O) groups is 1. The van der Waals surface area contributed by atoms with Crippen molar-refractivity contribution in [2.24, 2.45) is 5.73 Å². The van der Waals surface area contributed by atoms with Crippen LogP contribution in [0.25, 0.3) is 0 Å². The Balaban J connectivity index is 0.00000225. The Morgan fingerprint density at radius 3 is 2.48 bits per heavy atom. The number of amides is 1. The first kappa shape index (κ1) is 20.2. The summed E-state index contributed by atoms with van der Waals surface area (Å²) in [6.45, 7) is 5.15. The second kappa shape index (κ2) is 9.56. The molecular formula is C20H32ClN3O. The first-order valence-corrected chi connectivity index (χ1v) is 9.51.